The van der Waals surface area contributed by atoms with Crippen molar-refractivity contribution in [1.29, 1.82) is 0 Å². The highest BCUT2D eigenvalue weighted by Crippen LogP contribution is 2.24. The molecule has 0 spiro atoms. The number of halogens is 1. The molecule has 5 nitrogen and oxygen atoms in total. The van der Waals surface area contributed by atoms with Gasteiger partial charge in [-0.2, -0.15) is 0 Å². The fourth-order valence-corrected chi connectivity index (χ4v) is 1.62. The van der Waals surface area contributed by atoms with Crippen molar-refractivity contribution >= 4 is 17.6 Å². The van der Waals surface area contributed by atoms with Crippen LogP contribution < -0.4 is 15.8 Å². The van der Waals surface area contributed by atoms with Gasteiger partial charge in [-0.25, -0.2) is 4.99 Å². The van der Waals surface area contributed by atoms with Crippen molar-refractivity contribution in [3.8, 4) is 5.75 Å². The number of benzene rings is 1. The third-order valence-electron chi connectivity index (χ3n) is 2.36. The first kappa shape index (κ1) is 15.6. The predicted molar refractivity (Wildman–Crippen MR) is 77.8 cm³/mol. The smallest absolute Gasteiger partial charge is 0.189 e. The maximum atomic E-state index is 5.93. The lowest BCUT2D eigenvalue weighted by molar-refractivity contribution is 0.204. The highest BCUT2D eigenvalue weighted by atomic mass is 35.5. The number of nitrogens with two attached hydrogens (primary N) is 1. The Kier molecular flexibility index (Phi) is 7.07. The quantitative estimate of drug-likeness (QED) is 0.455. The van der Waals surface area contributed by atoms with Crippen LogP contribution in [-0.4, -0.2) is 32.8 Å². The molecule has 19 heavy (non-hydrogen) atoms. The second-order valence-corrected chi connectivity index (χ2v) is 4.24. The summed E-state index contributed by atoms with van der Waals surface area (Å²) in [4.78, 5) is 4.24. The number of nitrogens with one attached hydrogen (secondary N) is 1. The second-order valence-electron chi connectivity index (χ2n) is 3.81. The van der Waals surface area contributed by atoms with Crippen LogP contribution in [0, 0.1) is 0 Å². The van der Waals surface area contributed by atoms with Crippen LogP contribution in [0.1, 0.15) is 12.5 Å². The topological polar surface area (TPSA) is 68.9 Å². The van der Waals surface area contributed by atoms with Gasteiger partial charge in [-0.3, -0.25) is 0 Å². The molecule has 0 bridgehead atoms. The first-order chi connectivity index (χ1) is 9.17. The number of rotatable bonds is 7. The van der Waals surface area contributed by atoms with E-state index in [0.717, 1.165) is 11.3 Å². The summed E-state index contributed by atoms with van der Waals surface area (Å²) in [7, 11) is 1.64. The molecule has 0 fully saturated rings. The third-order valence-corrected chi connectivity index (χ3v) is 2.60. The standard InChI is InChI=1S/C13H20ClN3O2/c1-3-19-12-8-11(14)5-4-10(12)9-17-13(15)16-6-7-18-2/h4-5,8H,3,6-7,9H2,1-2H3,(H3,15,16,17). The van der Waals surface area contributed by atoms with Gasteiger partial charge in [0.25, 0.3) is 0 Å². The lowest BCUT2D eigenvalue weighted by atomic mass is 10.2. The summed E-state index contributed by atoms with van der Waals surface area (Å²) in [5, 5.41) is 3.59. The SMILES string of the molecule is CCOc1cc(Cl)ccc1CN=C(N)NCCOC. The van der Waals surface area contributed by atoms with Gasteiger partial charge in [0, 0.05) is 24.2 Å². The normalized spacial score (nSPS) is 11.4. The van der Waals surface area contributed by atoms with E-state index >= 15 is 0 Å². The summed E-state index contributed by atoms with van der Waals surface area (Å²) in [6.45, 7) is 4.16. The number of ether oxygens (including phenoxy) is 2. The number of guanidine groups is 1. The lowest BCUT2D eigenvalue weighted by Gasteiger charge is -2.09. The maximum absolute atomic E-state index is 5.93. The Morgan fingerprint density at radius 2 is 2.26 bits per heavy atom. The molecule has 1 rings (SSSR count). The van der Waals surface area contributed by atoms with Crippen molar-refractivity contribution in [3.05, 3.63) is 28.8 Å². The van der Waals surface area contributed by atoms with E-state index in [0.29, 0.717) is 37.3 Å². The molecule has 0 amide bonds. The molecular weight excluding hydrogens is 266 g/mol. The van der Waals surface area contributed by atoms with Crippen LogP contribution in [-0.2, 0) is 11.3 Å². The Morgan fingerprint density at radius 3 is 2.95 bits per heavy atom. The molecule has 0 aliphatic heterocycles. The number of aliphatic imine (C=N–C) groups is 1. The summed E-state index contributed by atoms with van der Waals surface area (Å²) in [6.07, 6.45) is 0. The lowest BCUT2D eigenvalue weighted by Crippen LogP contribution is -2.34. The molecule has 6 heteroatoms. The van der Waals surface area contributed by atoms with E-state index in [-0.39, 0.29) is 0 Å². The molecule has 0 aliphatic rings. The Hall–Kier alpha value is -1.46. The largest absolute Gasteiger partial charge is 0.493 e. The summed E-state index contributed by atoms with van der Waals surface area (Å²) < 4.78 is 10.4. The van der Waals surface area contributed by atoms with Gasteiger partial charge in [-0.1, -0.05) is 17.7 Å². The fourth-order valence-electron chi connectivity index (χ4n) is 1.46. The highest BCUT2D eigenvalue weighted by molar-refractivity contribution is 6.30. The summed E-state index contributed by atoms with van der Waals surface area (Å²) in [5.74, 6) is 1.12. The van der Waals surface area contributed by atoms with Crippen LogP contribution in [0.5, 0.6) is 5.75 Å². The van der Waals surface area contributed by atoms with Crippen LogP contribution in [0.4, 0.5) is 0 Å². The molecule has 0 atom stereocenters. The van der Waals surface area contributed by atoms with Crippen molar-refractivity contribution in [2.45, 2.75) is 13.5 Å². The Bertz CT molecular complexity index is 424. The van der Waals surface area contributed by atoms with E-state index < -0.39 is 0 Å². The summed E-state index contributed by atoms with van der Waals surface area (Å²) in [5.41, 5.74) is 6.68. The molecule has 0 radical (unpaired) electrons. The van der Waals surface area contributed by atoms with Crippen molar-refractivity contribution in [2.75, 3.05) is 26.9 Å². The zero-order valence-corrected chi connectivity index (χ0v) is 12.0. The molecule has 3 N–H and O–H groups in total. The van der Waals surface area contributed by atoms with Crippen molar-refractivity contribution in [2.24, 2.45) is 10.7 Å². The van der Waals surface area contributed by atoms with Crippen LogP contribution in [0.3, 0.4) is 0 Å². The van der Waals surface area contributed by atoms with Gasteiger partial charge in [0.2, 0.25) is 0 Å². The second kappa shape index (κ2) is 8.61. The molecule has 106 valence electrons. The Labute approximate surface area is 118 Å². The average molecular weight is 286 g/mol. The predicted octanol–water partition coefficient (Wildman–Crippen LogP) is 1.79. The third kappa shape index (κ3) is 5.81. The van der Waals surface area contributed by atoms with E-state index in [1.54, 1.807) is 13.2 Å². The molecule has 1 aromatic rings. The number of nitrogens with zero attached hydrogens (tertiary/aromatic N) is 1. The van der Waals surface area contributed by atoms with Crippen molar-refractivity contribution < 1.29 is 9.47 Å². The van der Waals surface area contributed by atoms with Crippen LogP contribution in [0.25, 0.3) is 0 Å². The fraction of sp³-hybridized carbons (Fsp3) is 0.462. The minimum absolute atomic E-state index is 0.384. The zero-order chi connectivity index (χ0) is 14.1. The average Bonchev–Trinajstić information content (AvgIpc) is 2.38. The molecule has 0 aromatic heterocycles. The molecule has 0 saturated carbocycles. The van der Waals surface area contributed by atoms with Gasteiger partial charge < -0.3 is 20.5 Å². The van der Waals surface area contributed by atoms with Gasteiger partial charge in [-0.05, 0) is 19.1 Å². The van der Waals surface area contributed by atoms with Crippen LogP contribution >= 0.6 is 11.6 Å². The highest BCUT2D eigenvalue weighted by Gasteiger charge is 2.04. The summed E-state index contributed by atoms with van der Waals surface area (Å²) in [6, 6.07) is 5.48. The van der Waals surface area contributed by atoms with Crippen molar-refractivity contribution in [1.82, 2.24) is 5.32 Å². The molecule has 0 saturated heterocycles. The van der Waals surface area contributed by atoms with Crippen molar-refractivity contribution in [3.63, 3.8) is 0 Å². The van der Waals surface area contributed by atoms with E-state index in [9.17, 15) is 0 Å². The Morgan fingerprint density at radius 1 is 1.47 bits per heavy atom. The van der Waals surface area contributed by atoms with Gasteiger partial charge in [0.15, 0.2) is 5.96 Å². The van der Waals surface area contributed by atoms with E-state index in [4.69, 9.17) is 26.8 Å². The van der Waals surface area contributed by atoms with Gasteiger partial charge in [-0.15, -0.1) is 0 Å². The summed E-state index contributed by atoms with van der Waals surface area (Å²) >= 11 is 5.93. The minimum Gasteiger partial charge on any atom is -0.493 e. The maximum Gasteiger partial charge on any atom is 0.189 e. The first-order valence-electron chi connectivity index (χ1n) is 6.11. The van der Waals surface area contributed by atoms with E-state index in [2.05, 4.69) is 10.3 Å². The molecule has 0 aliphatic carbocycles. The van der Waals surface area contributed by atoms with Crippen LogP contribution in [0.15, 0.2) is 23.2 Å². The Balaban J connectivity index is 2.63. The molecular formula is C13H20ClN3O2. The van der Waals surface area contributed by atoms with Gasteiger partial charge in [0.1, 0.15) is 5.75 Å². The van der Waals surface area contributed by atoms with E-state index in [1.807, 2.05) is 19.1 Å². The molecule has 0 unspecified atom stereocenters. The number of hydrogen-bond donors (Lipinski definition) is 2. The first-order valence-corrected chi connectivity index (χ1v) is 6.49. The van der Waals surface area contributed by atoms with Crippen LogP contribution in [0.2, 0.25) is 5.02 Å². The molecule has 0 heterocycles. The van der Waals surface area contributed by atoms with E-state index in [1.165, 1.54) is 0 Å². The van der Waals surface area contributed by atoms with Gasteiger partial charge in [0.05, 0.1) is 19.8 Å². The van der Waals surface area contributed by atoms with Gasteiger partial charge >= 0.3 is 0 Å². The minimum atomic E-state index is 0.384. The molecule has 1 aromatic carbocycles. The number of hydrogen-bond acceptors (Lipinski definition) is 3. The monoisotopic (exact) mass is 285 g/mol. The number of methoxy groups -OCH3 is 1. The zero-order valence-electron chi connectivity index (χ0n) is 11.3.